The van der Waals surface area contributed by atoms with Crippen molar-refractivity contribution in [2.24, 2.45) is 5.16 Å². The molecule has 0 unspecified atom stereocenters. The summed E-state index contributed by atoms with van der Waals surface area (Å²) in [5.74, 6) is 0.422. The quantitative estimate of drug-likeness (QED) is 0.604. The Labute approximate surface area is 152 Å². The van der Waals surface area contributed by atoms with Crippen LogP contribution in [0.2, 0.25) is 5.02 Å². The van der Waals surface area contributed by atoms with Gasteiger partial charge < -0.3 is 14.9 Å². The van der Waals surface area contributed by atoms with E-state index in [1.165, 1.54) is 0 Å². The molecule has 132 valence electrons. The predicted molar refractivity (Wildman–Crippen MR) is 99.2 cm³/mol. The van der Waals surface area contributed by atoms with Gasteiger partial charge in [0, 0.05) is 17.6 Å². The fraction of sp³-hybridized carbons (Fsp3) is 0.263. The summed E-state index contributed by atoms with van der Waals surface area (Å²) in [5.41, 5.74) is 2.66. The van der Waals surface area contributed by atoms with Crippen molar-refractivity contribution in [3.05, 3.63) is 64.2 Å². The Morgan fingerprint density at radius 2 is 2.00 bits per heavy atom. The number of carbonyl (C=O) groups is 1. The highest BCUT2D eigenvalue weighted by Crippen LogP contribution is 2.23. The van der Waals surface area contributed by atoms with Crippen LogP contribution >= 0.6 is 11.6 Å². The molecule has 25 heavy (non-hydrogen) atoms. The van der Waals surface area contributed by atoms with E-state index in [1.54, 1.807) is 13.1 Å². The molecule has 5 nitrogen and oxygen atoms in total. The number of oxime groups is 1. The minimum absolute atomic E-state index is 0.219. The summed E-state index contributed by atoms with van der Waals surface area (Å²) in [5, 5.41) is 7.21. The first-order chi connectivity index (χ1) is 12.1. The molecule has 0 aliphatic carbocycles. The molecule has 6 heteroatoms. The van der Waals surface area contributed by atoms with E-state index in [0.29, 0.717) is 23.8 Å². The second kappa shape index (κ2) is 9.08. The Bertz CT molecular complexity index is 775. The molecule has 0 aliphatic heterocycles. The smallest absolute Gasteiger partial charge is 0.273 e. The molecule has 2 aromatic rings. The van der Waals surface area contributed by atoms with Crippen LogP contribution in [0.5, 0.6) is 5.75 Å². The minimum atomic E-state index is -0.316. The van der Waals surface area contributed by atoms with Crippen LogP contribution in [0.1, 0.15) is 23.6 Å². The summed E-state index contributed by atoms with van der Waals surface area (Å²) < 4.78 is 5.90. The maximum atomic E-state index is 12.2. The first kappa shape index (κ1) is 18.8. The van der Waals surface area contributed by atoms with Crippen molar-refractivity contribution in [1.82, 2.24) is 5.32 Å². The summed E-state index contributed by atoms with van der Waals surface area (Å²) in [4.78, 5) is 17.3. The first-order valence-electron chi connectivity index (χ1n) is 7.96. The van der Waals surface area contributed by atoms with E-state index in [1.807, 2.05) is 50.2 Å². The minimum Gasteiger partial charge on any atom is -0.489 e. The highest BCUT2D eigenvalue weighted by atomic mass is 35.5. The molecule has 0 atom stereocenters. The summed E-state index contributed by atoms with van der Waals surface area (Å²) in [6.45, 7) is 4.41. The van der Waals surface area contributed by atoms with Gasteiger partial charge in [0.2, 0.25) is 0 Å². The molecular formula is C19H21ClN2O3. The van der Waals surface area contributed by atoms with Gasteiger partial charge in [-0.05, 0) is 43.2 Å². The fourth-order valence-electron chi connectivity index (χ4n) is 2.27. The number of nitrogens with one attached hydrogen (secondary N) is 1. The van der Waals surface area contributed by atoms with Crippen molar-refractivity contribution in [1.29, 1.82) is 0 Å². The molecule has 0 bridgehead atoms. The number of amides is 1. The van der Waals surface area contributed by atoms with Crippen LogP contribution in [0.3, 0.4) is 0 Å². The van der Waals surface area contributed by atoms with Crippen LogP contribution in [-0.2, 0) is 16.2 Å². The SMILES string of the molecule is CCO/N=C(\C(=O)NC)c1ccccc1COc1ccc(Cl)cc1C. The number of aryl methyl sites for hydroxylation is 1. The summed E-state index contributed by atoms with van der Waals surface area (Å²) in [6.07, 6.45) is 0. The lowest BCUT2D eigenvalue weighted by Crippen LogP contribution is -2.29. The molecule has 2 rings (SSSR count). The van der Waals surface area contributed by atoms with Crippen molar-refractivity contribution in [2.75, 3.05) is 13.7 Å². The average molecular weight is 361 g/mol. The third kappa shape index (κ3) is 4.97. The van der Waals surface area contributed by atoms with E-state index in [2.05, 4.69) is 10.5 Å². The van der Waals surface area contributed by atoms with Gasteiger partial charge in [-0.3, -0.25) is 4.79 Å². The summed E-state index contributed by atoms with van der Waals surface area (Å²) in [6, 6.07) is 12.9. The average Bonchev–Trinajstić information content (AvgIpc) is 2.62. The Hall–Kier alpha value is -2.53. The van der Waals surface area contributed by atoms with Gasteiger partial charge in [-0.1, -0.05) is 41.0 Å². The molecule has 0 radical (unpaired) electrons. The van der Waals surface area contributed by atoms with Crippen molar-refractivity contribution in [3.63, 3.8) is 0 Å². The molecule has 0 saturated carbocycles. The first-order valence-corrected chi connectivity index (χ1v) is 8.33. The van der Waals surface area contributed by atoms with Gasteiger partial charge in [-0.15, -0.1) is 0 Å². The molecule has 1 amide bonds. The van der Waals surface area contributed by atoms with E-state index >= 15 is 0 Å². The summed E-state index contributed by atoms with van der Waals surface area (Å²) >= 11 is 5.97. The van der Waals surface area contributed by atoms with E-state index in [9.17, 15) is 4.79 Å². The van der Waals surface area contributed by atoms with E-state index < -0.39 is 0 Å². The highest BCUT2D eigenvalue weighted by Gasteiger charge is 2.17. The Kier molecular flexibility index (Phi) is 6.83. The van der Waals surface area contributed by atoms with Gasteiger partial charge >= 0.3 is 0 Å². The van der Waals surface area contributed by atoms with Gasteiger partial charge in [0.05, 0.1) is 0 Å². The number of likely N-dealkylation sites (N-methyl/N-ethyl adjacent to an activating group) is 1. The predicted octanol–water partition coefficient (Wildman–Crippen LogP) is 3.71. The molecule has 0 aliphatic rings. The largest absolute Gasteiger partial charge is 0.489 e. The van der Waals surface area contributed by atoms with Crippen LogP contribution in [0.25, 0.3) is 0 Å². The molecule has 0 heterocycles. The lowest BCUT2D eigenvalue weighted by molar-refractivity contribution is -0.114. The zero-order valence-electron chi connectivity index (χ0n) is 14.5. The van der Waals surface area contributed by atoms with Crippen LogP contribution in [-0.4, -0.2) is 25.3 Å². The van der Waals surface area contributed by atoms with E-state index in [-0.39, 0.29) is 11.6 Å². The normalized spacial score (nSPS) is 11.1. The molecule has 0 spiro atoms. The number of hydrogen-bond donors (Lipinski definition) is 1. The van der Waals surface area contributed by atoms with Crippen molar-refractivity contribution >= 4 is 23.2 Å². The maximum Gasteiger partial charge on any atom is 0.273 e. The Morgan fingerprint density at radius 3 is 2.68 bits per heavy atom. The van der Waals surface area contributed by atoms with Gasteiger partial charge in [-0.25, -0.2) is 0 Å². The Balaban J connectivity index is 2.28. The topological polar surface area (TPSA) is 59.9 Å². The molecule has 1 N–H and O–H groups in total. The second-order valence-electron chi connectivity index (χ2n) is 5.29. The number of rotatable bonds is 7. The van der Waals surface area contributed by atoms with Gasteiger partial charge in [0.1, 0.15) is 19.0 Å². The fourth-order valence-corrected chi connectivity index (χ4v) is 2.49. The molecule has 0 fully saturated rings. The van der Waals surface area contributed by atoms with Crippen LogP contribution in [0.4, 0.5) is 0 Å². The lowest BCUT2D eigenvalue weighted by Gasteiger charge is -2.13. The van der Waals surface area contributed by atoms with Gasteiger partial charge in [-0.2, -0.15) is 0 Å². The number of ether oxygens (including phenoxy) is 1. The zero-order chi connectivity index (χ0) is 18.2. The van der Waals surface area contributed by atoms with Crippen LogP contribution < -0.4 is 10.1 Å². The second-order valence-corrected chi connectivity index (χ2v) is 5.73. The number of nitrogens with zero attached hydrogens (tertiary/aromatic N) is 1. The number of carbonyl (C=O) groups excluding carboxylic acids is 1. The third-order valence-electron chi connectivity index (χ3n) is 3.52. The standard InChI is InChI=1S/C19H21ClN2O3/c1-4-25-22-18(19(23)21-3)16-8-6-5-7-14(16)12-24-17-10-9-15(20)11-13(17)2/h5-11H,4,12H2,1-3H3,(H,21,23)/b22-18-. The molecular weight excluding hydrogens is 340 g/mol. The number of hydrogen-bond acceptors (Lipinski definition) is 4. The highest BCUT2D eigenvalue weighted by molar-refractivity contribution is 6.45. The Morgan fingerprint density at radius 1 is 1.24 bits per heavy atom. The van der Waals surface area contributed by atoms with Crippen LogP contribution in [0.15, 0.2) is 47.6 Å². The van der Waals surface area contributed by atoms with Crippen molar-refractivity contribution in [2.45, 2.75) is 20.5 Å². The maximum absolute atomic E-state index is 12.2. The monoisotopic (exact) mass is 360 g/mol. The van der Waals surface area contributed by atoms with E-state index in [0.717, 1.165) is 16.9 Å². The van der Waals surface area contributed by atoms with Crippen LogP contribution in [0, 0.1) is 6.92 Å². The third-order valence-corrected chi connectivity index (χ3v) is 3.75. The molecule has 0 saturated heterocycles. The number of benzene rings is 2. The van der Waals surface area contributed by atoms with Gasteiger partial charge in [0.15, 0.2) is 5.71 Å². The summed E-state index contributed by atoms with van der Waals surface area (Å²) in [7, 11) is 1.56. The van der Waals surface area contributed by atoms with Crippen molar-refractivity contribution < 1.29 is 14.4 Å². The van der Waals surface area contributed by atoms with Crippen molar-refractivity contribution in [3.8, 4) is 5.75 Å². The van der Waals surface area contributed by atoms with E-state index in [4.69, 9.17) is 21.2 Å². The van der Waals surface area contributed by atoms with Gasteiger partial charge in [0.25, 0.3) is 5.91 Å². The zero-order valence-corrected chi connectivity index (χ0v) is 15.3. The number of halogens is 1. The molecule has 2 aromatic carbocycles. The lowest BCUT2D eigenvalue weighted by atomic mass is 10.0. The molecule has 0 aromatic heterocycles.